The summed E-state index contributed by atoms with van der Waals surface area (Å²) >= 11 is 0. The molecule has 0 aliphatic carbocycles. The number of amides is 2. The smallest absolute Gasteiger partial charge is 0.253 e. The molecule has 1 fully saturated rings. The number of methoxy groups -OCH3 is 1. The monoisotopic (exact) mass is 463 g/mol. The molecule has 0 unspecified atom stereocenters. The molecule has 3 rings (SSSR count). The highest BCUT2D eigenvalue weighted by molar-refractivity contribution is 5.94. The summed E-state index contributed by atoms with van der Waals surface area (Å²) < 4.78 is 5.41. The van der Waals surface area contributed by atoms with Gasteiger partial charge >= 0.3 is 0 Å². The summed E-state index contributed by atoms with van der Waals surface area (Å²) in [5.74, 6) is 1.01. The second-order valence-corrected chi connectivity index (χ2v) is 9.08. The molecule has 1 heterocycles. The minimum absolute atomic E-state index is 0.0522. The van der Waals surface area contributed by atoms with Crippen LogP contribution in [0.4, 0.5) is 0 Å². The molecule has 6 heteroatoms. The minimum Gasteiger partial charge on any atom is -0.496 e. The van der Waals surface area contributed by atoms with E-state index in [4.69, 9.17) is 4.74 Å². The fourth-order valence-corrected chi connectivity index (χ4v) is 4.08. The van der Waals surface area contributed by atoms with Crippen molar-refractivity contribution in [1.82, 2.24) is 14.7 Å². The van der Waals surface area contributed by atoms with Gasteiger partial charge in [-0.05, 0) is 25.1 Å². The molecule has 1 aliphatic rings. The zero-order chi connectivity index (χ0) is 24.5. The molecule has 0 bridgehead atoms. The summed E-state index contributed by atoms with van der Waals surface area (Å²) in [7, 11) is 1.66. The van der Waals surface area contributed by atoms with Gasteiger partial charge in [-0.2, -0.15) is 0 Å². The fraction of sp³-hybridized carbons (Fsp3) is 0.429. The zero-order valence-electron chi connectivity index (χ0n) is 20.9. The molecule has 1 aliphatic heterocycles. The van der Waals surface area contributed by atoms with Crippen molar-refractivity contribution < 1.29 is 14.3 Å². The van der Waals surface area contributed by atoms with Gasteiger partial charge in [0.15, 0.2) is 0 Å². The molecule has 0 radical (unpaired) electrons. The Morgan fingerprint density at radius 1 is 1.03 bits per heavy atom. The van der Waals surface area contributed by atoms with Crippen LogP contribution >= 0.6 is 0 Å². The standard InChI is InChI=1S/C28H37N3O3/c1-22(2)27(32)30(15-7-9-24-8-5-6-10-26(24)34-4)19-16-29-17-20-31(21-18-29)28(33)25-13-11-23(3)12-14-25/h5-14,22H,15-21H2,1-4H3/b9-7+. The van der Waals surface area contributed by atoms with Crippen LogP contribution in [0.25, 0.3) is 6.08 Å². The van der Waals surface area contributed by atoms with E-state index in [2.05, 4.69) is 4.90 Å². The number of carbonyl (C=O) groups excluding carboxylic acids is 2. The third-order valence-electron chi connectivity index (χ3n) is 6.21. The molecular weight excluding hydrogens is 426 g/mol. The van der Waals surface area contributed by atoms with Gasteiger partial charge in [-0.3, -0.25) is 14.5 Å². The van der Waals surface area contributed by atoms with Gasteiger partial charge in [0, 0.05) is 62.9 Å². The van der Waals surface area contributed by atoms with Gasteiger partial charge in [-0.15, -0.1) is 0 Å². The Balaban J connectivity index is 1.52. The number of hydrogen-bond donors (Lipinski definition) is 0. The highest BCUT2D eigenvalue weighted by Crippen LogP contribution is 2.18. The van der Waals surface area contributed by atoms with Crippen LogP contribution in [0.5, 0.6) is 5.75 Å². The first-order chi connectivity index (χ1) is 16.4. The largest absolute Gasteiger partial charge is 0.496 e. The molecule has 0 saturated carbocycles. The first-order valence-corrected chi connectivity index (χ1v) is 12.1. The first-order valence-electron chi connectivity index (χ1n) is 12.1. The number of piperazine rings is 1. The molecule has 0 atom stereocenters. The van der Waals surface area contributed by atoms with Gasteiger partial charge < -0.3 is 14.5 Å². The molecule has 2 aromatic rings. The normalized spacial score (nSPS) is 14.6. The molecule has 1 saturated heterocycles. The molecular formula is C28H37N3O3. The van der Waals surface area contributed by atoms with Crippen molar-refractivity contribution in [3.63, 3.8) is 0 Å². The molecule has 0 spiro atoms. The molecule has 0 aromatic heterocycles. The Kier molecular flexibility index (Phi) is 9.28. The third-order valence-corrected chi connectivity index (χ3v) is 6.21. The number of aryl methyl sites for hydroxylation is 1. The van der Waals surface area contributed by atoms with E-state index in [0.29, 0.717) is 26.2 Å². The van der Waals surface area contributed by atoms with Crippen molar-refractivity contribution >= 4 is 17.9 Å². The van der Waals surface area contributed by atoms with Gasteiger partial charge in [-0.25, -0.2) is 0 Å². The highest BCUT2D eigenvalue weighted by Gasteiger charge is 2.23. The molecule has 2 aromatic carbocycles. The number of nitrogens with zero attached hydrogens (tertiary/aromatic N) is 3. The van der Waals surface area contributed by atoms with Crippen molar-refractivity contribution in [2.75, 3.05) is 52.9 Å². The van der Waals surface area contributed by atoms with Gasteiger partial charge in [-0.1, -0.05) is 61.9 Å². The van der Waals surface area contributed by atoms with Crippen molar-refractivity contribution in [1.29, 1.82) is 0 Å². The maximum atomic E-state index is 12.8. The summed E-state index contributed by atoms with van der Waals surface area (Å²) in [4.78, 5) is 31.7. The number of para-hydroxylation sites is 1. The lowest BCUT2D eigenvalue weighted by molar-refractivity contribution is -0.134. The Bertz CT molecular complexity index is 977. The van der Waals surface area contributed by atoms with Crippen molar-refractivity contribution in [2.45, 2.75) is 20.8 Å². The maximum absolute atomic E-state index is 12.8. The molecule has 6 nitrogen and oxygen atoms in total. The third kappa shape index (κ3) is 6.94. The van der Waals surface area contributed by atoms with Crippen LogP contribution in [0, 0.1) is 12.8 Å². The topological polar surface area (TPSA) is 53.1 Å². The maximum Gasteiger partial charge on any atom is 0.253 e. The molecule has 0 N–H and O–H groups in total. The predicted molar refractivity (Wildman–Crippen MR) is 137 cm³/mol. The fourth-order valence-electron chi connectivity index (χ4n) is 4.08. The SMILES string of the molecule is COc1ccccc1/C=C/CN(CCN1CCN(C(=O)c2ccc(C)cc2)CC1)C(=O)C(C)C. The Morgan fingerprint density at radius 3 is 2.35 bits per heavy atom. The Labute approximate surface area is 203 Å². The molecule has 34 heavy (non-hydrogen) atoms. The lowest BCUT2D eigenvalue weighted by Crippen LogP contribution is -2.50. The summed E-state index contributed by atoms with van der Waals surface area (Å²) in [6.45, 7) is 11.0. The second-order valence-electron chi connectivity index (χ2n) is 9.08. The summed E-state index contributed by atoms with van der Waals surface area (Å²) in [6.07, 6.45) is 4.03. The number of carbonyl (C=O) groups is 2. The number of ether oxygens (including phenoxy) is 1. The van der Waals surface area contributed by atoms with E-state index < -0.39 is 0 Å². The van der Waals surface area contributed by atoms with Gasteiger partial charge in [0.1, 0.15) is 5.75 Å². The summed E-state index contributed by atoms with van der Waals surface area (Å²) in [5, 5.41) is 0. The predicted octanol–water partition coefficient (Wildman–Crippen LogP) is 3.96. The second kappa shape index (κ2) is 12.4. The van der Waals surface area contributed by atoms with Crippen LogP contribution in [-0.2, 0) is 4.79 Å². The van der Waals surface area contributed by atoms with E-state index in [1.165, 1.54) is 0 Å². The van der Waals surface area contributed by atoms with E-state index in [0.717, 1.165) is 42.1 Å². The van der Waals surface area contributed by atoms with Crippen LogP contribution in [-0.4, -0.2) is 79.4 Å². The lowest BCUT2D eigenvalue weighted by atomic mass is 10.1. The van der Waals surface area contributed by atoms with E-state index in [1.54, 1.807) is 7.11 Å². The number of hydrogen-bond acceptors (Lipinski definition) is 4. The van der Waals surface area contributed by atoms with E-state index in [1.807, 2.05) is 91.3 Å². The van der Waals surface area contributed by atoms with Crippen LogP contribution in [0.15, 0.2) is 54.6 Å². The number of rotatable bonds is 9. The minimum atomic E-state index is -0.0522. The van der Waals surface area contributed by atoms with Crippen LogP contribution in [0.1, 0.15) is 35.3 Å². The number of benzene rings is 2. The van der Waals surface area contributed by atoms with E-state index >= 15 is 0 Å². The quantitative estimate of drug-likeness (QED) is 0.565. The molecule has 2 amide bonds. The zero-order valence-corrected chi connectivity index (χ0v) is 20.9. The van der Waals surface area contributed by atoms with Gasteiger partial charge in [0.25, 0.3) is 5.91 Å². The molecule has 182 valence electrons. The Morgan fingerprint density at radius 2 is 1.71 bits per heavy atom. The lowest BCUT2D eigenvalue weighted by Gasteiger charge is -2.36. The van der Waals surface area contributed by atoms with Crippen LogP contribution in [0.2, 0.25) is 0 Å². The Hall–Kier alpha value is -3.12. The van der Waals surface area contributed by atoms with Crippen molar-refractivity contribution in [3.8, 4) is 5.75 Å². The average molecular weight is 464 g/mol. The van der Waals surface area contributed by atoms with Crippen molar-refractivity contribution in [3.05, 3.63) is 71.3 Å². The summed E-state index contributed by atoms with van der Waals surface area (Å²) in [6, 6.07) is 15.6. The first kappa shape index (κ1) is 25.5. The van der Waals surface area contributed by atoms with Crippen molar-refractivity contribution in [2.24, 2.45) is 5.92 Å². The van der Waals surface area contributed by atoms with Gasteiger partial charge in [0.05, 0.1) is 7.11 Å². The summed E-state index contributed by atoms with van der Waals surface area (Å²) in [5.41, 5.74) is 2.89. The average Bonchev–Trinajstić information content (AvgIpc) is 2.86. The van der Waals surface area contributed by atoms with E-state index in [9.17, 15) is 9.59 Å². The van der Waals surface area contributed by atoms with Gasteiger partial charge in [0.2, 0.25) is 5.91 Å². The van der Waals surface area contributed by atoms with Crippen LogP contribution in [0.3, 0.4) is 0 Å². The van der Waals surface area contributed by atoms with Crippen LogP contribution < -0.4 is 4.74 Å². The highest BCUT2D eigenvalue weighted by atomic mass is 16.5. The van der Waals surface area contributed by atoms with E-state index in [-0.39, 0.29) is 17.7 Å².